The van der Waals surface area contributed by atoms with Gasteiger partial charge in [0.15, 0.2) is 0 Å². The van der Waals surface area contributed by atoms with Gasteiger partial charge >= 0.3 is 0 Å². The maximum Gasteiger partial charge on any atom is 0.0364 e. The molecule has 0 bridgehead atoms. The Labute approximate surface area is 99.2 Å². The Bertz CT molecular complexity index is 342. The number of nitrogens with two attached hydrogens (primary N) is 2. The summed E-state index contributed by atoms with van der Waals surface area (Å²) in [7, 11) is 0. The molecule has 0 heterocycles. The summed E-state index contributed by atoms with van der Waals surface area (Å²) in [4.78, 5) is 0. The first kappa shape index (κ1) is 11.1. The van der Waals surface area contributed by atoms with Gasteiger partial charge in [-0.1, -0.05) is 34.5 Å². The summed E-state index contributed by atoms with van der Waals surface area (Å²) in [5.74, 6) is 0. The molecular weight excluding hydrogens is 252 g/mol. The van der Waals surface area contributed by atoms with Crippen LogP contribution in [0, 0.1) is 5.41 Å². The van der Waals surface area contributed by atoms with Crippen molar-refractivity contribution in [2.45, 2.75) is 25.3 Å². The normalized spacial score (nSPS) is 20.7. The zero-order valence-electron chi connectivity index (χ0n) is 8.75. The van der Waals surface area contributed by atoms with Crippen molar-refractivity contribution in [2.24, 2.45) is 16.9 Å². The van der Waals surface area contributed by atoms with Gasteiger partial charge < -0.3 is 11.5 Å². The maximum absolute atomic E-state index is 6.31. The van der Waals surface area contributed by atoms with Crippen LogP contribution in [0.1, 0.15) is 30.9 Å². The van der Waals surface area contributed by atoms with Gasteiger partial charge in [-0.25, -0.2) is 0 Å². The molecule has 0 radical (unpaired) electrons. The molecule has 1 atom stereocenters. The lowest BCUT2D eigenvalue weighted by Crippen LogP contribution is -2.46. The van der Waals surface area contributed by atoms with E-state index >= 15 is 0 Å². The fourth-order valence-corrected chi connectivity index (χ4v) is 2.74. The number of halogens is 1. The molecular formula is C12H17BrN2. The molecule has 2 rings (SSSR count). The van der Waals surface area contributed by atoms with Crippen LogP contribution >= 0.6 is 15.9 Å². The summed E-state index contributed by atoms with van der Waals surface area (Å²) < 4.78 is 1.09. The summed E-state index contributed by atoms with van der Waals surface area (Å²) >= 11 is 3.47. The van der Waals surface area contributed by atoms with Crippen molar-refractivity contribution in [3.8, 4) is 0 Å². The fraction of sp³-hybridized carbons (Fsp3) is 0.500. The van der Waals surface area contributed by atoms with Crippen molar-refractivity contribution < 1.29 is 0 Å². The largest absolute Gasteiger partial charge is 0.330 e. The Morgan fingerprint density at radius 2 is 2.13 bits per heavy atom. The molecule has 0 aliphatic heterocycles. The summed E-state index contributed by atoms with van der Waals surface area (Å²) in [6.45, 7) is 0.695. The highest BCUT2D eigenvalue weighted by molar-refractivity contribution is 9.10. The lowest BCUT2D eigenvalue weighted by molar-refractivity contribution is 0.105. The minimum absolute atomic E-state index is 0.0775. The highest BCUT2D eigenvalue weighted by atomic mass is 79.9. The smallest absolute Gasteiger partial charge is 0.0364 e. The van der Waals surface area contributed by atoms with Crippen molar-refractivity contribution >= 4 is 15.9 Å². The summed E-state index contributed by atoms with van der Waals surface area (Å²) in [5, 5.41) is 0. The zero-order valence-corrected chi connectivity index (χ0v) is 10.3. The standard InChI is InChI=1S/C12H17BrN2/c13-10-4-1-3-9(7-10)11(15)12(8-14)5-2-6-12/h1,3-4,7,11H,2,5-6,8,14-15H2. The van der Waals surface area contributed by atoms with Crippen molar-refractivity contribution in [2.75, 3.05) is 6.54 Å². The van der Waals surface area contributed by atoms with Gasteiger partial charge in [-0.3, -0.25) is 0 Å². The van der Waals surface area contributed by atoms with Crippen LogP contribution in [-0.4, -0.2) is 6.54 Å². The molecule has 1 aliphatic rings. The fourth-order valence-electron chi connectivity index (χ4n) is 2.33. The predicted octanol–water partition coefficient (Wildman–Crippen LogP) is 2.58. The Morgan fingerprint density at radius 3 is 2.60 bits per heavy atom. The van der Waals surface area contributed by atoms with Crippen molar-refractivity contribution in [1.29, 1.82) is 0 Å². The second kappa shape index (κ2) is 4.24. The SMILES string of the molecule is NCC1(C(N)c2cccc(Br)c2)CCC1. The first-order valence-corrected chi connectivity index (χ1v) is 6.18. The quantitative estimate of drug-likeness (QED) is 0.886. The van der Waals surface area contributed by atoms with E-state index < -0.39 is 0 Å². The molecule has 1 aromatic rings. The molecule has 15 heavy (non-hydrogen) atoms. The van der Waals surface area contributed by atoms with Gasteiger partial charge in [-0.2, -0.15) is 0 Å². The second-order valence-electron chi connectivity index (χ2n) is 4.45. The third-order valence-corrected chi connectivity index (χ3v) is 4.12. The van der Waals surface area contributed by atoms with Gasteiger partial charge in [0.05, 0.1) is 0 Å². The lowest BCUT2D eigenvalue weighted by Gasteiger charge is -2.45. The monoisotopic (exact) mass is 268 g/mol. The molecule has 82 valence electrons. The molecule has 2 nitrogen and oxygen atoms in total. The molecule has 4 N–H and O–H groups in total. The van der Waals surface area contributed by atoms with Crippen LogP contribution in [0.25, 0.3) is 0 Å². The van der Waals surface area contributed by atoms with Gasteiger partial charge in [0.1, 0.15) is 0 Å². The number of hydrogen-bond donors (Lipinski definition) is 2. The van der Waals surface area contributed by atoms with Gasteiger partial charge in [0.25, 0.3) is 0 Å². The van der Waals surface area contributed by atoms with E-state index in [1.807, 2.05) is 12.1 Å². The van der Waals surface area contributed by atoms with E-state index in [0.717, 1.165) is 17.3 Å². The third kappa shape index (κ3) is 1.96. The van der Waals surface area contributed by atoms with Gasteiger partial charge in [-0.05, 0) is 37.1 Å². The van der Waals surface area contributed by atoms with Crippen LogP contribution in [0.15, 0.2) is 28.7 Å². The molecule has 0 aromatic heterocycles. The molecule has 1 unspecified atom stereocenters. The van der Waals surface area contributed by atoms with Gasteiger partial charge in [0, 0.05) is 15.9 Å². The second-order valence-corrected chi connectivity index (χ2v) is 5.37. The third-order valence-electron chi connectivity index (χ3n) is 3.62. The minimum Gasteiger partial charge on any atom is -0.330 e. The van der Waals surface area contributed by atoms with E-state index in [9.17, 15) is 0 Å². The predicted molar refractivity (Wildman–Crippen MR) is 66.4 cm³/mol. The molecule has 1 saturated carbocycles. The molecule has 1 fully saturated rings. The summed E-state index contributed by atoms with van der Waals surface area (Å²) in [6.07, 6.45) is 3.59. The topological polar surface area (TPSA) is 52.0 Å². The number of rotatable bonds is 3. The number of hydrogen-bond acceptors (Lipinski definition) is 2. The highest BCUT2D eigenvalue weighted by Gasteiger charge is 2.41. The maximum atomic E-state index is 6.31. The van der Waals surface area contributed by atoms with Crippen LogP contribution in [0.4, 0.5) is 0 Å². The van der Waals surface area contributed by atoms with Gasteiger partial charge in [0.2, 0.25) is 0 Å². The van der Waals surface area contributed by atoms with Crippen LogP contribution in [0.5, 0.6) is 0 Å². The van der Waals surface area contributed by atoms with E-state index in [1.165, 1.54) is 12.0 Å². The van der Waals surface area contributed by atoms with Crippen LogP contribution < -0.4 is 11.5 Å². The molecule has 1 aromatic carbocycles. The van der Waals surface area contributed by atoms with E-state index in [-0.39, 0.29) is 11.5 Å². The molecule has 1 aliphatic carbocycles. The van der Waals surface area contributed by atoms with Crippen LogP contribution in [0.3, 0.4) is 0 Å². The summed E-state index contributed by atoms with van der Waals surface area (Å²) in [5.41, 5.74) is 13.5. The highest BCUT2D eigenvalue weighted by Crippen LogP contribution is 2.48. The molecule has 0 saturated heterocycles. The van der Waals surface area contributed by atoms with E-state index in [1.54, 1.807) is 0 Å². The van der Waals surface area contributed by atoms with E-state index in [0.29, 0.717) is 6.54 Å². The van der Waals surface area contributed by atoms with Crippen molar-refractivity contribution in [3.63, 3.8) is 0 Å². The van der Waals surface area contributed by atoms with Crippen LogP contribution in [0.2, 0.25) is 0 Å². The Balaban J connectivity index is 2.23. The van der Waals surface area contributed by atoms with E-state index in [4.69, 9.17) is 11.5 Å². The average Bonchev–Trinajstić information content (AvgIpc) is 2.17. The minimum atomic E-state index is 0.0775. The first-order chi connectivity index (χ1) is 7.18. The Kier molecular flexibility index (Phi) is 3.14. The Hall–Kier alpha value is -0.380. The van der Waals surface area contributed by atoms with Crippen molar-refractivity contribution in [1.82, 2.24) is 0 Å². The molecule has 0 amide bonds. The molecule has 0 spiro atoms. The first-order valence-electron chi connectivity index (χ1n) is 5.39. The van der Waals surface area contributed by atoms with E-state index in [2.05, 4.69) is 28.1 Å². The summed E-state index contributed by atoms with van der Waals surface area (Å²) in [6, 6.07) is 8.31. The average molecular weight is 269 g/mol. The zero-order chi connectivity index (χ0) is 10.9. The van der Waals surface area contributed by atoms with Crippen LogP contribution in [-0.2, 0) is 0 Å². The number of benzene rings is 1. The Morgan fingerprint density at radius 1 is 1.40 bits per heavy atom. The lowest BCUT2D eigenvalue weighted by atomic mass is 9.63. The van der Waals surface area contributed by atoms with Gasteiger partial charge in [-0.15, -0.1) is 0 Å². The van der Waals surface area contributed by atoms with Crippen molar-refractivity contribution in [3.05, 3.63) is 34.3 Å². The molecule has 3 heteroatoms.